The highest BCUT2D eigenvalue weighted by Crippen LogP contribution is 2.35. The molecule has 1 saturated heterocycles. The van der Waals surface area contributed by atoms with Gasteiger partial charge >= 0.3 is 6.18 Å². The molecule has 4 N–H and O–H groups in total. The molecule has 0 unspecified atom stereocenters. The van der Waals surface area contributed by atoms with Crippen LogP contribution in [-0.2, 0) is 10.9 Å². The number of anilines is 6. The monoisotopic (exact) mass is 568 g/mol. The van der Waals surface area contributed by atoms with Crippen LogP contribution in [0.25, 0.3) is 0 Å². The van der Waals surface area contributed by atoms with E-state index in [1.807, 2.05) is 0 Å². The van der Waals surface area contributed by atoms with Gasteiger partial charge in [-0.3, -0.25) is 4.98 Å². The topological polar surface area (TPSA) is 120 Å². The molecule has 0 amide bonds. The van der Waals surface area contributed by atoms with Crippen LogP contribution < -0.4 is 21.0 Å². The summed E-state index contributed by atoms with van der Waals surface area (Å²) in [5.74, 6) is -0.311. The number of rotatable bonds is 8. The normalized spacial score (nSPS) is 13.8. The molecule has 1 fully saturated rings. The van der Waals surface area contributed by atoms with E-state index >= 15 is 0 Å². The molecule has 0 atom stereocenters. The van der Waals surface area contributed by atoms with E-state index in [4.69, 9.17) is 4.74 Å². The first kappa shape index (κ1) is 27.6. The minimum absolute atomic E-state index is 0.0202. The van der Waals surface area contributed by atoms with Crippen molar-refractivity contribution < 1.29 is 27.4 Å². The molecular formula is C27H24F4N8O2. The number of hydrogen-bond donors (Lipinski definition) is 4. The average molecular weight is 569 g/mol. The smallest absolute Gasteiger partial charge is 0.416 e. The van der Waals surface area contributed by atoms with Gasteiger partial charge in [-0.15, -0.1) is 0 Å². The number of alkyl halides is 3. The van der Waals surface area contributed by atoms with Crippen molar-refractivity contribution in [3.05, 3.63) is 84.1 Å². The fourth-order valence-corrected chi connectivity index (χ4v) is 3.97. The van der Waals surface area contributed by atoms with Crippen LogP contribution in [0.2, 0.25) is 0 Å². The predicted molar refractivity (Wildman–Crippen MR) is 147 cm³/mol. The molecule has 10 nitrogen and oxygen atoms in total. The summed E-state index contributed by atoms with van der Waals surface area (Å²) in [7, 11) is 0. The zero-order valence-electron chi connectivity index (χ0n) is 21.4. The summed E-state index contributed by atoms with van der Waals surface area (Å²) in [6.45, 7) is 1.98. The summed E-state index contributed by atoms with van der Waals surface area (Å²) in [6.07, 6.45) is -0.677. The third kappa shape index (κ3) is 7.36. The first-order valence-corrected chi connectivity index (χ1v) is 12.4. The largest absolute Gasteiger partial charge is 0.508 e. The zero-order chi connectivity index (χ0) is 28.8. The van der Waals surface area contributed by atoms with E-state index in [9.17, 15) is 22.7 Å². The van der Waals surface area contributed by atoms with Crippen LogP contribution in [0.5, 0.6) is 5.75 Å². The molecule has 0 bridgehead atoms. The molecule has 3 heterocycles. The molecule has 5 rings (SSSR count). The Morgan fingerprint density at radius 1 is 0.902 bits per heavy atom. The highest BCUT2D eigenvalue weighted by Gasteiger charge is 2.31. The first-order valence-electron chi connectivity index (χ1n) is 12.4. The van der Waals surface area contributed by atoms with Crippen molar-refractivity contribution in [2.24, 2.45) is 5.10 Å². The molecule has 1 aliphatic rings. The summed E-state index contributed by atoms with van der Waals surface area (Å²) >= 11 is 0. The number of morpholine rings is 1. The van der Waals surface area contributed by atoms with Gasteiger partial charge in [0, 0.05) is 36.2 Å². The van der Waals surface area contributed by atoms with Crippen LogP contribution in [0.15, 0.2) is 72.1 Å². The van der Waals surface area contributed by atoms with Crippen LogP contribution in [0.3, 0.4) is 0 Å². The number of aromatic hydroxyl groups is 1. The van der Waals surface area contributed by atoms with Crippen molar-refractivity contribution in [2.45, 2.75) is 6.18 Å². The van der Waals surface area contributed by atoms with E-state index in [0.717, 1.165) is 18.3 Å². The number of hydrogen-bond acceptors (Lipinski definition) is 10. The van der Waals surface area contributed by atoms with Crippen molar-refractivity contribution in [3.8, 4) is 5.75 Å². The summed E-state index contributed by atoms with van der Waals surface area (Å²) < 4.78 is 60.1. The minimum atomic E-state index is -4.57. The van der Waals surface area contributed by atoms with Crippen molar-refractivity contribution in [2.75, 3.05) is 47.3 Å². The molecule has 212 valence electrons. The maximum atomic E-state index is 14.2. The number of phenols is 1. The summed E-state index contributed by atoms with van der Waals surface area (Å²) in [4.78, 5) is 14.1. The third-order valence-electron chi connectivity index (χ3n) is 5.87. The lowest BCUT2D eigenvalue weighted by molar-refractivity contribution is -0.137. The molecule has 4 aromatic rings. The quantitative estimate of drug-likeness (QED) is 0.124. The van der Waals surface area contributed by atoms with Crippen molar-refractivity contribution in [1.29, 1.82) is 0 Å². The Hall–Kier alpha value is -4.98. The standard InChI is InChI=1S/C27H24F4N8O2/c28-24-16-33-26(37-25(24)39-6-8-41-9-7-39)38-34-15-19-4-5-20(14-32-19)36-22-11-17(27(29,30)31)10-21(12-22)35-18-2-1-3-23(40)13-18/h1-5,10-16,35-36,40H,6-9H2,(H,33,37,38)/b34-15+. The van der Waals surface area contributed by atoms with Crippen LogP contribution in [0, 0.1) is 5.82 Å². The van der Waals surface area contributed by atoms with Gasteiger partial charge in [0.25, 0.3) is 0 Å². The highest BCUT2D eigenvalue weighted by atomic mass is 19.4. The number of nitrogens with zero attached hydrogens (tertiary/aromatic N) is 5. The minimum Gasteiger partial charge on any atom is -0.508 e. The highest BCUT2D eigenvalue weighted by molar-refractivity contribution is 5.78. The fraction of sp³-hybridized carbons (Fsp3) is 0.185. The Labute approximate surface area is 231 Å². The summed E-state index contributed by atoms with van der Waals surface area (Å²) in [5, 5.41) is 19.5. The molecule has 41 heavy (non-hydrogen) atoms. The van der Waals surface area contributed by atoms with Gasteiger partial charge in [0.2, 0.25) is 5.95 Å². The fourth-order valence-electron chi connectivity index (χ4n) is 3.97. The summed E-state index contributed by atoms with van der Waals surface area (Å²) in [6, 6.07) is 12.8. The lowest BCUT2D eigenvalue weighted by atomic mass is 10.1. The lowest BCUT2D eigenvalue weighted by Gasteiger charge is -2.27. The van der Waals surface area contributed by atoms with E-state index in [1.54, 1.807) is 29.2 Å². The van der Waals surface area contributed by atoms with Crippen molar-refractivity contribution >= 4 is 40.7 Å². The molecule has 14 heteroatoms. The molecule has 1 aliphatic heterocycles. The van der Waals surface area contributed by atoms with Crippen molar-refractivity contribution in [1.82, 2.24) is 15.0 Å². The Kier molecular flexibility index (Phi) is 8.10. The number of halogens is 4. The number of aromatic nitrogens is 3. The van der Waals surface area contributed by atoms with Crippen LogP contribution in [0.4, 0.5) is 52.1 Å². The number of benzene rings is 2. The second-order valence-electron chi connectivity index (χ2n) is 8.90. The van der Waals surface area contributed by atoms with Crippen LogP contribution >= 0.6 is 0 Å². The predicted octanol–water partition coefficient (Wildman–Crippen LogP) is 5.50. The van der Waals surface area contributed by atoms with Gasteiger partial charge < -0.3 is 25.4 Å². The Morgan fingerprint density at radius 3 is 2.34 bits per heavy atom. The van der Waals surface area contributed by atoms with E-state index in [2.05, 4.69) is 36.1 Å². The van der Waals surface area contributed by atoms with Gasteiger partial charge in [0.05, 0.1) is 48.8 Å². The number of pyridine rings is 1. The Morgan fingerprint density at radius 2 is 1.66 bits per heavy atom. The van der Waals surface area contributed by atoms with Gasteiger partial charge in [0.1, 0.15) is 5.75 Å². The molecule has 0 saturated carbocycles. The maximum Gasteiger partial charge on any atom is 0.416 e. The van der Waals surface area contributed by atoms with Gasteiger partial charge in [-0.05, 0) is 42.5 Å². The number of hydrazone groups is 1. The maximum absolute atomic E-state index is 14.2. The molecule has 0 spiro atoms. The van der Waals surface area contributed by atoms with Crippen LogP contribution in [0.1, 0.15) is 11.3 Å². The SMILES string of the molecule is Oc1cccc(Nc2cc(Nc3ccc(/C=N/Nc4ncc(F)c(N5CCOCC5)n4)nc3)cc(C(F)(F)F)c2)c1. The van der Waals surface area contributed by atoms with Gasteiger partial charge in [-0.1, -0.05) is 6.07 Å². The zero-order valence-corrected chi connectivity index (χ0v) is 21.4. The van der Waals surface area contributed by atoms with E-state index in [1.165, 1.54) is 30.6 Å². The summed E-state index contributed by atoms with van der Waals surface area (Å²) in [5.41, 5.74) is 3.45. The van der Waals surface area contributed by atoms with E-state index in [0.29, 0.717) is 43.4 Å². The lowest BCUT2D eigenvalue weighted by Crippen LogP contribution is -2.37. The van der Waals surface area contributed by atoms with Crippen LogP contribution in [-0.4, -0.2) is 52.6 Å². The molecule has 2 aromatic heterocycles. The van der Waals surface area contributed by atoms with E-state index < -0.39 is 17.6 Å². The van der Waals surface area contributed by atoms with Crippen molar-refractivity contribution in [3.63, 3.8) is 0 Å². The molecule has 0 aliphatic carbocycles. The Bertz CT molecular complexity index is 1530. The molecule has 0 radical (unpaired) electrons. The second kappa shape index (κ2) is 12.0. The van der Waals surface area contributed by atoms with E-state index in [-0.39, 0.29) is 28.9 Å². The number of phenolic OH excluding ortho intramolecular Hbond substituents is 1. The third-order valence-corrected chi connectivity index (χ3v) is 5.87. The van der Waals surface area contributed by atoms with Gasteiger partial charge in [-0.2, -0.15) is 23.3 Å². The van der Waals surface area contributed by atoms with Gasteiger partial charge in [0.15, 0.2) is 11.6 Å². The second-order valence-corrected chi connectivity index (χ2v) is 8.90. The number of nitrogens with one attached hydrogen (secondary N) is 3. The molecular weight excluding hydrogens is 544 g/mol. The van der Waals surface area contributed by atoms with Gasteiger partial charge in [-0.25, -0.2) is 14.8 Å². The molecule has 2 aromatic carbocycles. The first-order chi connectivity index (χ1) is 19.7. The Balaban J connectivity index is 1.25. The average Bonchev–Trinajstić information content (AvgIpc) is 2.95. The number of ether oxygens (including phenoxy) is 1.